The number of amides is 1. The molecule has 0 saturated carbocycles. The predicted octanol–water partition coefficient (Wildman–Crippen LogP) is 4.26. The van der Waals surface area contributed by atoms with E-state index in [1.54, 1.807) is 0 Å². The summed E-state index contributed by atoms with van der Waals surface area (Å²) in [5.41, 5.74) is 3.70. The van der Waals surface area contributed by atoms with Gasteiger partial charge in [0.05, 0.1) is 16.8 Å². The highest BCUT2D eigenvalue weighted by atomic mass is 32.2. The van der Waals surface area contributed by atoms with Crippen molar-refractivity contribution in [2.24, 2.45) is 7.05 Å². The van der Waals surface area contributed by atoms with Crippen LogP contribution in [-0.4, -0.2) is 30.9 Å². The lowest BCUT2D eigenvalue weighted by atomic mass is 10.1. The minimum Gasteiger partial charge on any atom is -0.349 e. The van der Waals surface area contributed by atoms with E-state index in [1.165, 1.54) is 11.8 Å². The Labute approximate surface area is 173 Å². The Morgan fingerprint density at radius 2 is 1.83 bits per heavy atom. The van der Waals surface area contributed by atoms with Gasteiger partial charge in [0.25, 0.3) is 0 Å². The van der Waals surface area contributed by atoms with Crippen molar-refractivity contribution >= 4 is 39.7 Å². The van der Waals surface area contributed by atoms with Gasteiger partial charge in [0.15, 0.2) is 5.65 Å². The molecular formula is C22H23N5OS. The molecular weight excluding hydrogens is 382 g/mol. The molecule has 1 N–H and O–H groups in total. The summed E-state index contributed by atoms with van der Waals surface area (Å²) in [5, 5.41) is 13.0. The molecule has 0 fully saturated rings. The number of hydrogen-bond acceptors (Lipinski definition) is 5. The monoisotopic (exact) mass is 405 g/mol. The van der Waals surface area contributed by atoms with E-state index in [-0.39, 0.29) is 17.2 Å². The summed E-state index contributed by atoms with van der Waals surface area (Å²) in [6, 6.07) is 17.9. The molecule has 0 spiro atoms. The van der Waals surface area contributed by atoms with Crippen molar-refractivity contribution in [2.75, 3.05) is 0 Å². The van der Waals surface area contributed by atoms with Gasteiger partial charge in [-0.05, 0) is 25.0 Å². The first kappa shape index (κ1) is 19.4. The second-order valence-corrected chi connectivity index (χ2v) is 8.17. The molecule has 2 atom stereocenters. The van der Waals surface area contributed by atoms with Crippen LogP contribution in [0, 0.1) is 0 Å². The van der Waals surface area contributed by atoms with Gasteiger partial charge < -0.3 is 9.88 Å². The first-order chi connectivity index (χ1) is 14.1. The number of benzene rings is 2. The maximum atomic E-state index is 12.8. The lowest BCUT2D eigenvalue weighted by Crippen LogP contribution is -2.34. The van der Waals surface area contributed by atoms with Crippen LogP contribution in [0.15, 0.2) is 59.8 Å². The molecule has 0 radical (unpaired) electrons. The number of carbonyl (C=O) groups excluding carboxylic acids is 1. The van der Waals surface area contributed by atoms with Crippen LogP contribution in [0.1, 0.15) is 31.9 Å². The van der Waals surface area contributed by atoms with E-state index < -0.39 is 0 Å². The lowest BCUT2D eigenvalue weighted by molar-refractivity contribution is -0.121. The highest BCUT2D eigenvalue weighted by Crippen LogP contribution is 2.28. The van der Waals surface area contributed by atoms with Crippen molar-refractivity contribution in [2.45, 2.75) is 36.7 Å². The molecule has 2 aromatic heterocycles. The van der Waals surface area contributed by atoms with E-state index in [0.29, 0.717) is 11.6 Å². The summed E-state index contributed by atoms with van der Waals surface area (Å²) >= 11 is 1.36. The third-order valence-corrected chi connectivity index (χ3v) is 6.27. The Bertz CT molecular complexity index is 1160. The van der Waals surface area contributed by atoms with E-state index in [2.05, 4.69) is 15.5 Å². The molecule has 148 valence electrons. The SMILES string of the molecule is CC[C@@H](Sc1nnc2c3ccccc3n(C)c2n1)C(=O)N[C@@H](C)c1ccccc1. The van der Waals surface area contributed by atoms with Crippen molar-refractivity contribution in [3.05, 3.63) is 60.2 Å². The maximum Gasteiger partial charge on any atom is 0.234 e. The van der Waals surface area contributed by atoms with Crippen LogP contribution < -0.4 is 5.32 Å². The maximum absolute atomic E-state index is 12.8. The normalized spacial score (nSPS) is 13.5. The fourth-order valence-electron chi connectivity index (χ4n) is 3.42. The van der Waals surface area contributed by atoms with Crippen LogP contribution in [0.4, 0.5) is 0 Å². The van der Waals surface area contributed by atoms with Crippen LogP contribution >= 0.6 is 11.8 Å². The van der Waals surface area contributed by atoms with Crippen molar-refractivity contribution in [3.63, 3.8) is 0 Å². The Balaban J connectivity index is 1.55. The number of para-hydroxylation sites is 1. The van der Waals surface area contributed by atoms with Gasteiger partial charge in [0.2, 0.25) is 11.1 Å². The number of aromatic nitrogens is 4. The Hall–Kier alpha value is -2.93. The van der Waals surface area contributed by atoms with E-state index in [1.807, 2.05) is 80.1 Å². The van der Waals surface area contributed by atoms with Gasteiger partial charge >= 0.3 is 0 Å². The van der Waals surface area contributed by atoms with Crippen molar-refractivity contribution < 1.29 is 4.79 Å². The Morgan fingerprint density at radius 1 is 1.10 bits per heavy atom. The van der Waals surface area contributed by atoms with E-state index in [4.69, 9.17) is 4.98 Å². The van der Waals surface area contributed by atoms with Gasteiger partial charge in [-0.15, -0.1) is 10.2 Å². The minimum atomic E-state index is -0.282. The quantitative estimate of drug-likeness (QED) is 0.485. The number of carbonyl (C=O) groups is 1. The standard InChI is InChI=1S/C22H23N5OS/c1-4-18(21(28)23-14(2)15-10-6-5-7-11-15)29-22-24-20-19(25-26-22)16-12-8-9-13-17(16)27(20)3/h5-14,18H,4H2,1-3H3,(H,23,28)/t14-,18+/m0/s1. The van der Waals surface area contributed by atoms with Crippen molar-refractivity contribution in [1.82, 2.24) is 25.1 Å². The van der Waals surface area contributed by atoms with Crippen LogP contribution in [0.25, 0.3) is 22.1 Å². The molecule has 0 bridgehead atoms. The smallest absolute Gasteiger partial charge is 0.234 e. The molecule has 0 unspecified atom stereocenters. The number of nitrogens with one attached hydrogen (secondary N) is 1. The Morgan fingerprint density at radius 3 is 2.59 bits per heavy atom. The van der Waals surface area contributed by atoms with Gasteiger partial charge in [0, 0.05) is 12.4 Å². The summed E-state index contributed by atoms with van der Waals surface area (Å²) in [6.45, 7) is 3.98. The second-order valence-electron chi connectivity index (χ2n) is 7.00. The fourth-order valence-corrected chi connectivity index (χ4v) is 4.25. The highest BCUT2D eigenvalue weighted by molar-refractivity contribution is 8.00. The fraction of sp³-hybridized carbons (Fsp3) is 0.273. The van der Waals surface area contributed by atoms with E-state index in [9.17, 15) is 4.79 Å². The van der Waals surface area contributed by atoms with Gasteiger partial charge in [-0.25, -0.2) is 4.98 Å². The molecule has 6 nitrogen and oxygen atoms in total. The minimum absolute atomic E-state index is 0.0189. The van der Waals surface area contributed by atoms with E-state index in [0.717, 1.165) is 27.6 Å². The number of nitrogens with zero attached hydrogens (tertiary/aromatic N) is 4. The van der Waals surface area contributed by atoms with Gasteiger partial charge in [-0.2, -0.15) is 0 Å². The highest BCUT2D eigenvalue weighted by Gasteiger charge is 2.22. The first-order valence-corrected chi connectivity index (χ1v) is 10.6. The predicted molar refractivity (Wildman–Crippen MR) is 117 cm³/mol. The average Bonchev–Trinajstić information content (AvgIpc) is 3.04. The molecule has 4 aromatic rings. The Kier molecular flexibility index (Phi) is 5.49. The van der Waals surface area contributed by atoms with Gasteiger partial charge in [-0.3, -0.25) is 4.79 Å². The zero-order valence-corrected chi connectivity index (χ0v) is 17.5. The zero-order valence-electron chi connectivity index (χ0n) is 16.7. The first-order valence-electron chi connectivity index (χ1n) is 9.68. The van der Waals surface area contributed by atoms with Gasteiger partial charge in [-0.1, -0.05) is 67.2 Å². The third-order valence-electron chi connectivity index (χ3n) is 5.06. The van der Waals surface area contributed by atoms with Crippen LogP contribution in [0.3, 0.4) is 0 Å². The zero-order chi connectivity index (χ0) is 20.4. The molecule has 0 aliphatic rings. The molecule has 0 aliphatic heterocycles. The molecule has 2 heterocycles. The molecule has 29 heavy (non-hydrogen) atoms. The summed E-state index contributed by atoms with van der Waals surface area (Å²) in [7, 11) is 1.97. The van der Waals surface area contributed by atoms with Gasteiger partial charge in [0.1, 0.15) is 5.52 Å². The van der Waals surface area contributed by atoms with Crippen LogP contribution in [-0.2, 0) is 11.8 Å². The van der Waals surface area contributed by atoms with Crippen LogP contribution in [0.5, 0.6) is 0 Å². The van der Waals surface area contributed by atoms with E-state index >= 15 is 0 Å². The molecule has 1 amide bonds. The molecule has 0 aliphatic carbocycles. The number of hydrogen-bond donors (Lipinski definition) is 1. The second kappa shape index (κ2) is 8.21. The summed E-state index contributed by atoms with van der Waals surface area (Å²) in [6.07, 6.45) is 0.675. The van der Waals surface area contributed by atoms with Crippen LogP contribution in [0.2, 0.25) is 0 Å². The molecule has 4 rings (SSSR count). The molecule has 2 aromatic carbocycles. The summed E-state index contributed by atoms with van der Waals surface area (Å²) in [5.74, 6) is -0.0189. The largest absolute Gasteiger partial charge is 0.349 e. The number of aryl methyl sites for hydroxylation is 1. The summed E-state index contributed by atoms with van der Waals surface area (Å²) < 4.78 is 2.02. The van der Waals surface area contributed by atoms with Crippen molar-refractivity contribution in [1.29, 1.82) is 0 Å². The summed E-state index contributed by atoms with van der Waals surface area (Å²) in [4.78, 5) is 17.5. The van der Waals surface area contributed by atoms with Crippen molar-refractivity contribution in [3.8, 4) is 0 Å². The lowest BCUT2D eigenvalue weighted by Gasteiger charge is -2.18. The third kappa shape index (κ3) is 3.82. The topological polar surface area (TPSA) is 72.7 Å². The molecule has 0 saturated heterocycles. The number of thioether (sulfide) groups is 1. The average molecular weight is 406 g/mol. The number of rotatable bonds is 6. The molecule has 7 heteroatoms. The number of fused-ring (bicyclic) bond motifs is 3.